The molecular formula is C25H54. The van der Waals surface area contributed by atoms with Crippen LogP contribution in [0.2, 0.25) is 0 Å². The molecule has 0 N–H and O–H groups in total. The molecule has 0 spiro atoms. The van der Waals surface area contributed by atoms with Crippen LogP contribution in [-0.2, 0) is 0 Å². The van der Waals surface area contributed by atoms with E-state index in [0.29, 0.717) is 10.8 Å². The molecule has 0 nitrogen and oxygen atoms in total. The highest BCUT2D eigenvalue weighted by molar-refractivity contribution is 4.85. The van der Waals surface area contributed by atoms with Crippen LogP contribution in [0.5, 0.6) is 0 Å². The highest BCUT2D eigenvalue weighted by atomic mass is 14.4. The van der Waals surface area contributed by atoms with Crippen LogP contribution >= 0.6 is 0 Å². The summed E-state index contributed by atoms with van der Waals surface area (Å²) in [4.78, 5) is 0. The second-order valence-electron chi connectivity index (χ2n) is 9.45. The fraction of sp³-hybridized carbons (Fsp3) is 1.00. The Bertz CT molecular complexity index is 243. The number of unbranched alkanes of at least 4 members (excludes halogenated alkanes) is 10. The van der Waals surface area contributed by atoms with Crippen LogP contribution in [0.25, 0.3) is 0 Å². The molecule has 0 saturated carbocycles. The highest BCUT2D eigenvalue weighted by Crippen LogP contribution is 2.45. The van der Waals surface area contributed by atoms with Gasteiger partial charge >= 0.3 is 0 Å². The quantitative estimate of drug-likeness (QED) is 0.257. The Morgan fingerprint density at radius 2 is 0.640 bits per heavy atom. The van der Waals surface area contributed by atoms with E-state index in [0.717, 1.165) is 0 Å². The minimum Gasteiger partial charge on any atom is -0.0654 e. The second kappa shape index (κ2) is 17.4. The van der Waals surface area contributed by atoms with Gasteiger partial charge in [0, 0.05) is 0 Å². The van der Waals surface area contributed by atoms with Crippen molar-refractivity contribution in [3.63, 3.8) is 0 Å². The van der Waals surface area contributed by atoms with Gasteiger partial charge in [-0.25, -0.2) is 0 Å². The predicted octanol–water partition coefficient (Wildman–Crippen LogP) is 9.96. The van der Waals surface area contributed by atoms with E-state index >= 15 is 0 Å². The van der Waals surface area contributed by atoms with Crippen molar-refractivity contribution in [2.45, 2.75) is 152 Å². The van der Waals surface area contributed by atoms with E-state index in [9.17, 15) is 0 Å². The summed E-state index contributed by atoms with van der Waals surface area (Å²) in [5.41, 5.74) is 0.988. The first-order valence-electron chi connectivity index (χ1n) is 11.8. The SMILES string of the molecule is CCCCCCCC.CCCCCCCC(C)(C)C(C)(C)CCCC. The zero-order valence-electron chi connectivity index (χ0n) is 19.6. The van der Waals surface area contributed by atoms with E-state index < -0.39 is 0 Å². The summed E-state index contributed by atoms with van der Waals surface area (Å²) in [6.07, 6.45) is 21.0. The smallest absolute Gasteiger partial charge is 0.0303 e. The molecule has 25 heavy (non-hydrogen) atoms. The zero-order chi connectivity index (χ0) is 19.6. The zero-order valence-corrected chi connectivity index (χ0v) is 19.6. The van der Waals surface area contributed by atoms with Crippen LogP contribution in [0.15, 0.2) is 0 Å². The van der Waals surface area contributed by atoms with Crippen molar-refractivity contribution in [3.05, 3.63) is 0 Å². The molecule has 0 aromatic heterocycles. The van der Waals surface area contributed by atoms with Crippen LogP contribution in [0.1, 0.15) is 152 Å². The Morgan fingerprint density at radius 3 is 0.960 bits per heavy atom. The van der Waals surface area contributed by atoms with Crippen LogP contribution in [0.4, 0.5) is 0 Å². The van der Waals surface area contributed by atoms with Crippen molar-refractivity contribution in [2.24, 2.45) is 10.8 Å². The third-order valence-electron chi connectivity index (χ3n) is 6.35. The molecule has 0 aliphatic rings. The third kappa shape index (κ3) is 15.9. The van der Waals surface area contributed by atoms with E-state index in [2.05, 4.69) is 55.4 Å². The van der Waals surface area contributed by atoms with Crippen molar-refractivity contribution < 1.29 is 0 Å². The molecule has 0 fully saturated rings. The number of rotatable bonds is 15. The predicted molar refractivity (Wildman–Crippen MR) is 120 cm³/mol. The van der Waals surface area contributed by atoms with Gasteiger partial charge in [-0.3, -0.25) is 0 Å². The molecule has 0 aromatic rings. The Kier molecular flexibility index (Phi) is 19.0. The van der Waals surface area contributed by atoms with Crippen molar-refractivity contribution in [1.29, 1.82) is 0 Å². The van der Waals surface area contributed by atoms with E-state index in [4.69, 9.17) is 0 Å². The average molecular weight is 355 g/mol. The first-order chi connectivity index (χ1) is 11.8. The Balaban J connectivity index is 0. The summed E-state index contributed by atoms with van der Waals surface area (Å²) < 4.78 is 0. The molecule has 154 valence electrons. The largest absolute Gasteiger partial charge is 0.0654 e. The Hall–Kier alpha value is 0. The molecule has 0 aliphatic heterocycles. The second-order valence-corrected chi connectivity index (χ2v) is 9.45. The minimum atomic E-state index is 0.494. The summed E-state index contributed by atoms with van der Waals surface area (Å²) >= 11 is 0. The van der Waals surface area contributed by atoms with E-state index in [1.807, 2.05) is 0 Å². The van der Waals surface area contributed by atoms with Gasteiger partial charge in [-0.05, 0) is 23.7 Å². The summed E-state index contributed by atoms with van der Waals surface area (Å²) in [5, 5.41) is 0. The maximum Gasteiger partial charge on any atom is -0.0303 e. The van der Waals surface area contributed by atoms with Gasteiger partial charge in [0.1, 0.15) is 0 Å². The lowest BCUT2D eigenvalue weighted by Gasteiger charge is -2.42. The van der Waals surface area contributed by atoms with Gasteiger partial charge < -0.3 is 0 Å². The lowest BCUT2D eigenvalue weighted by Crippen LogP contribution is -2.32. The molecule has 0 atom stereocenters. The van der Waals surface area contributed by atoms with Crippen LogP contribution in [0.3, 0.4) is 0 Å². The van der Waals surface area contributed by atoms with E-state index in [1.54, 1.807) is 0 Å². The molecule has 0 saturated heterocycles. The Morgan fingerprint density at radius 1 is 0.360 bits per heavy atom. The lowest BCUT2D eigenvalue weighted by molar-refractivity contribution is 0.0821. The topological polar surface area (TPSA) is 0 Å². The molecular weight excluding hydrogens is 300 g/mol. The molecule has 0 aliphatic carbocycles. The van der Waals surface area contributed by atoms with Crippen molar-refractivity contribution in [2.75, 3.05) is 0 Å². The summed E-state index contributed by atoms with van der Waals surface area (Å²) in [5.74, 6) is 0. The molecule has 0 heteroatoms. The van der Waals surface area contributed by atoms with Gasteiger partial charge in [-0.2, -0.15) is 0 Å². The fourth-order valence-corrected chi connectivity index (χ4v) is 3.32. The molecule has 0 aromatic carbocycles. The Labute approximate surface area is 163 Å². The van der Waals surface area contributed by atoms with Gasteiger partial charge in [0.05, 0.1) is 0 Å². The first-order valence-corrected chi connectivity index (χ1v) is 11.8. The van der Waals surface area contributed by atoms with Gasteiger partial charge in [-0.15, -0.1) is 0 Å². The van der Waals surface area contributed by atoms with Gasteiger partial charge in [-0.1, -0.05) is 139 Å². The van der Waals surface area contributed by atoms with Crippen LogP contribution in [0, 0.1) is 10.8 Å². The van der Waals surface area contributed by atoms with Crippen molar-refractivity contribution in [1.82, 2.24) is 0 Å². The molecule has 0 radical (unpaired) electrons. The van der Waals surface area contributed by atoms with Crippen LogP contribution in [-0.4, -0.2) is 0 Å². The maximum atomic E-state index is 2.47. The first kappa shape index (κ1) is 27.2. The summed E-state index contributed by atoms with van der Waals surface area (Å²) in [7, 11) is 0. The fourth-order valence-electron chi connectivity index (χ4n) is 3.32. The average Bonchev–Trinajstić information content (AvgIpc) is 2.57. The van der Waals surface area contributed by atoms with E-state index in [1.165, 1.54) is 96.3 Å². The summed E-state index contributed by atoms with van der Waals surface area (Å²) in [6, 6.07) is 0. The monoisotopic (exact) mass is 354 g/mol. The lowest BCUT2D eigenvalue weighted by atomic mass is 9.63. The molecule has 0 bridgehead atoms. The van der Waals surface area contributed by atoms with Gasteiger partial charge in [0.15, 0.2) is 0 Å². The number of hydrogen-bond acceptors (Lipinski definition) is 0. The molecule has 0 heterocycles. The van der Waals surface area contributed by atoms with Crippen molar-refractivity contribution in [3.8, 4) is 0 Å². The van der Waals surface area contributed by atoms with Crippen molar-refractivity contribution >= 4 is 0 Å². The van der Waals surface area contributed by atoms with Gasteiger partial charge in [0.25, 0.3) is 0 Å². The molecule has 0 amide bonds. The van der Waals surface area contributed by atoms with Gasteiger partial charge in [0.2, 0.25) is 0 Å². The maximum absolute atomic E-state index is 2.47. The summed E-state index contributed by atoms with van der Waals surface area (Å²) in [6.45, 7) is 19.0. The third-order valence-corrected chi connectivity index (χ3v) is 6.35. The molecule has 0 rings (SSSR count). The molecule has 0 unspecified atom stereocenters. The number of hydrogen-bond donors (Lipinski definition) is 0. The standard InChI is InChI=1S/C17H36.C8H18/c1-7-9-11-12-13-15-17(5,6)16(3,4)14-10-8-2;1-3-5-7-8-6-4-2/h7-15H2,1-6H3;3-8H2,1-2H3. The highest BCUT2D eigenvalue weighted by Gasteiger charge is 2.35. The normalized spacial score (nSPS) is 12.0. The van der Waals surface area contributed by atoms with Crippen LogP contribution < -0.4 is 0 Å². The van der Waals surface area contributed by atoms with E-state index in [-0.39, 0.29) is 0 Å². The minimum absolute atomic E-state index is 0.494.